The molecule has 0 unspecified atom stereocenters. The normalized spacial score (nSPS) is 10.1. The second-order valence-corrected chi connectivity index (χ2v) is 4.18. The van der Waals surface area contributed by atoms with E-state index in [0.717, 1.165) is 22.8 Å². The van der Waals surface area contributed by atoms with E-state index in [9.17, 15) is 0 Å². The number of hydrogen-bond acceptors (Lipinski definition) is 3. The minimum atomic E-state index is 0.436. The molecule has 0 atom stereocenters. The molecule has 0 N–H and O–H groups in total. The van der Waals surface area contributed by atoms with Gasteiger partial charge in [0.15, 0.2) is 11.5 Å². The summed E-state index contributed by atoms with van der Waals surface area (Å²) in [6, 6.07) is 5.74. The van der Waals surface area contributed by atoms with Gasteiger partial charge in [0, 0.05) is 11.3 Å². The Morgan fingerprint density at radius 1 is 1.40 bits per heavy atom. The molecular weight excluding hydrogens is 232 g/mol. The molecule has 0 saturated heterocycles. The van der Waals surface area contributed by atoms with Gasteiger partial charge in [-0.2, -0.15) is 11.8 Å². The molecule has 0 amide bonds. The molecule has 0 heterocycles. The molecule has 0 spiro atoms. The molecule has 0 radical (unpaired) electrons. The Morgan fingerprint density at radius 2 is 2.20 bits per heavy atom. The van der Waals surface area contributed by atoms with Gasteiger partial charge in [-0.15, -0.1) is 11.6 Å². The average molecular weight is 247 g/mol. The number of thioether (sulfide) groups is 1. The molecular formula is C11H15ClO2S. The van der Waals surface area contributed by atoms with Crippen molar-refractivity contribution in [1.29, 1.82) is 0 Å². The summed E-state index contributed by atoms with van der Waals surface area (Å²) in [5, 5.41) is 0. The minimum Gasteiger partial charge on any atom is -0.493 e. The fourth-order valence-corrected chi connectivity index (χ4v) is 1.68. The number of halogens is 1. The monoisotopic (exact) mass is 246 g/mol. The molecule has 15 heavy (non-hydrogen) atoms. The van der Waals surface area contributed by atoms with Crippen LogP contribution in [0.2, 0.25) is 0 Å². The second-order valence-electron chi connectivity index (χ2n) is 2.92. The van der Waals surface area contributed by atoms with Crippen molar-refractivity contribution in [2.24, 2.45) is 0 Å². The molecule has 1 aromatic carbocycles. The van der Waals surface area contributed by atoms with Crippen LogP contribution in [-0.2, 0) is 5.88 Å². The van der Waals surface area contributed by atoms with Crippen LogP contribution in [0.1, 0.15) is 5.56 Å². The Bertz CT molecular complexity index is 282. The first-order valence-corrected chi connectivity index (χ1v) is 6.60. The molecule has 1 aromatic rings. The Labute approximate surface area is 99.9 Å². The van der Waals surface area contributed by atoms with E-state index in [1.54, 1.807) is 18.9 Å². The highest BCUT2D eigenvalue weighted by Gasteiger charge is 2.09. The summed E-state index contributed by atoms with van der Waals surface area (Å²) in [4.78, 5) is 0. The van der Waals surface area contributed by atoms with Crippen LogP contribution in [0.25, 0.3) is 0 Å². The van der Waals surface area contributed by atoms with Crippen LogP contribution >= 0.6 is 23.4 Å². The lowest BCUT2D eigenvalue weighted by atomic mass is 10.2. The van der Waals surface area contributed by atoms with Gasteiger partial charge in [-0.1, -0.05) is 12.1 Å². The number of para-hydroxylation sites is 1. The smallest absolute Gasteiger partial charge is 0.165 e. The first-order chi connectivity index (χ1) is 7.33. The topological polar surface area (TPSA) is 18.5 Å². The van der Waals surface area contributed by atoms with Gasteiger partial charge in [-0.05, 0) is 12.3 Å². The van der Waals surface area contributed by atoms with Gasteiger partial charge in [0.2, 0.25) is 0 Å². The SMILES string of the molecule is COc1cccc(CCl)c1OCCSC. The Hall–Kier alpha value is -0.540. The predicted octanol–water partition coefficient (Wildman–Crippen LogP) is 3.18. The predicted molar refractivity (Wildman–Crippen MR) is 66.4 cm³/mol. The fraction of sp³-hybridized carbons (Fsp3) is 0.455. The summed E-state index contributed by atoms with van der Waals surface area (Å²) < 4.78 is 10.9. The first kappa shape index (κ1) is 12.5. The molecule has 0 bridgehead atoms. The van der Waals surface area contributed by atoms with Crippen molar-refractivity contribution < 1.29 is 9.47 Å². The van der Waals surface area contributed by atoms with Gasteiger partial charge in [0.05, 0.1) is 19.6 Å². The van der Waals surface area contributed by atoms with Crippen molar-refractivity contribution in [3.63, 3.8) is 0 Å². The Balaban J connectivity index is 2.80. The third kappa shape index (κ3) is 3.50. The largest absolute Gasteiger partial charge is 0.493 e. The van der Waals surface area contributed by atoms with Crippen molar-refractivity contribution in [2.45, 2.75) is 5.88 Å². The van der Waals surface area contributed by atoms with Crippen molar-refractivity contribution in [2.75, 3.05) is 25.7 Å². The molecule has 2 nitrogen and oxygen atoms in total. The molecule has 0 aliphatic carbocycles. The summed E-state index contributed by atoms with van der Waals surface area (Å²) in [6.45, 7) is 0.672. The highest BCUT2D eigenvalue weighted by atomic mass is 35.5. The maximum Gasteiger partial charge on any atom is 0.165 e. The van der Waals surface area contributed by atoms with Gasteiger partial charge in [-0.25, -0.2) is 0 Å². The van der Waals surface area contributed by atoms with Gasteiger partial charge < -0.3 is 9.47 Å². The lowest BCUT2D eigenvalue weighted by Crippen LogP contribution is -2.03. The van der Waals surface area contributed by atoms with Gasteiger partial charge in [0.25, 0.3) is 0 Å². The third-order valence-electron chi connectivity index (χ3n) is 1.96. The summed E-state index contributed by atoms with van der Waals surface area (Å²) in [6.07, 6.45) is 2.05. The molecule has 0 aliphatic heterocycles. The van der Waals surface area contributed by atoms with E-state index in [1.165, 1.54) is 0 Å². The number of hydrogen-bond donors (Lipinski definition) is 0. The molecule has 0 aliphatic rings. The van der Waals surface area contributed by atoms with Crippen molar-refractivity contribution in [3.05, 3.63) is 23.8 Å². The van der Waals surface area contributed by atoms with E-state index in [2.05, 4.69) is 0 Å². The Kier molecular flexibility index (Phi) is 5.73. The van der Waals surface area contributed by atoms with E-state index in [1.807, 2.05) is 24.5 Å². The van der Waals surface area contributed by atoms with E-state index in [-0.39, 0.29) is 0 Å². The molecule has 0 aromatic heterocycles. The van der Waals surface area contributed by atoms with E-state index in [4.69, 9.17) is 21.1 Å². The number of ether oxygens (including phenoxy) is 2. The van der Waals surface area contributed by atoms with Crippen LogP contribution < -0.4 is 9.47 Å². The lowest BCUT2D eigenvalue weighted by molar-refractivity contribution is 0.311. The molecule has 1 rings (SSSR count). The molecule has 4 heteroatoms. The zero-order valence-electron chi connectivity index (χ0n) is 8.96. The van der Waals surface area contributed by atoms with Gasteiger partial charge in [-0.3, -0.25) is 0 Å². The maximum atomic E-state index is 5.83. The zero-order chi connectivity index (χ0) is 11.1. The summed E-state index contributed by atoms with van der Waals surface area (Å²) in [5.41, 5.74) is 0.970. The van der Waals surface area contributed by atoms with Crippen molar-refractivity contribution in [1.82, 2.24) is 0 Å². The van der Waals surface area contributed by atoms with E-state index in [0.29, 0.717) is 12.5 Å². The molecule has 0 fully saturated rings. The zero-order valence-corrected chi connectivity index (χ0v) is 10.5. The van der Waals surface area contributed by atoms with Crippen LogP contribution in [-0.4, -0.2) is 25.7 Å². The van der Waals surface area contributed by atoms with Crippen molar-refractivity contribution in [3.8, 4) is 11.5 Å². The van der Waals surface area contributed by atoms with Crippen LogP contribution in [0.4, 0.5) is 0 Å². The number of benzene rings is 1. The lowest BCUT2D eigenvalue weighted by Gasteiger charge is -2.13. The molecule has 84 valence electrons. The third-order valence-corrected chi connectivity index (χ3v) is 2.82. The number of methoxy groups -OCH3 is 1. The highest BCUT2D eigenvalue weighted by Crippen LogP contribution is 2.32. The minimum absolute atomic E-state index is 0.436. The summed E-state index contributed by atoms with van der Waals surface area (Å²) >= 11 is 7.58. The van der Waals surface area contributed by atoms with Crippen molar-refractivity contribution >= 4 is 23.4 Å². The summed E-state index contributed by atoms with van der Waals surface area (Å²) in [5.74, 6) is 2.91. The summed E-state index contributed by atoms with van der Waals surface area (Å²) in [7, 11) is 1.63. The standard InChI is InChI=1S/C11H15ClO2S/c1-13-10-5-3-4-9(8-12)11(10)14-6-7-15-2/h3-5H,6-8H2,1-2H3. The first-order valence-electron chi connectivity index (χ1n) is 4.67. The number of rotatable bonds is 6. The van der Waals surface area contributed by atoms with Crippen LogP contribution in [0.3, 0.4) is 0 Å². The average Bonchev–Trinajstić information content (AvgIpc) is 2.29. The van der Waals surface area contributed by atoms with E-state index < -0.39 is 0 Å². The quantitative estimate of drug-likeness (QED) is 0.568. The molecule has 0 saturated carbocycles. The van der Waals surface area contributed by atoms with Crippen LogP contribution in [0.5, 0.6) is 11.5 Å². The van der Waals surface area contributed by atoms with Gasteiger partial charge in [0.1, 0.15) is 0 Å². The van der Waals surface area contributed by atoms with Crippen LogP contribution in [0, 0.1) is 0 Å². The highest BCUT2D eigenvalue weighted by molar-refractivity contribution is 7.98. The van der Waals surface area contributed by atoms with Gasteiger partial charge >= 0.3 is 0 Å². The maximum absolute atomic E-state index is 5.83. The van der Waals surface area contributed by atoms with E-state index >= 15 is 0 Å². The second kappa shape index (κ2) is 6.85. The number of alkyl halides is 1. The fourth-order valence-electron chi connectivity index (χ4n) is 1.22. The van der Waals surface area contributed by atoms with Crippen LogP contribution in [0.15, 0.2) is 18.2 Å². The Morgan fingerprint density at radius 3 is 2.80 bits per heavy atom.